The number of urea groups is 1. The molecule has 2 rings (SSSR count). The summed E-state index contributed by atoms with van der Waals surface area (Å²) >= 11 is 0. The number of nitrogens with zero attached hydrogens (tertiary/aromatic N) is 1. The second kappa shape index (κ2) is 7.20. The molecule has 1 aromatic rings. The Hall–Kier alpha value is -2.11. The van der Waals surface area contributed by atoms with Gasteiger partial charge in [0.1, 0.15) is 5.82 Å². The van der Waals surface area contributed by atoms with Crippen LogP contribution in [-0.4, -0.2) is 41.5 Å². The maximum absolute atomic E-state index is 13.1. The highest BCUT2D eigenvalue weighted by Crippen LogP contribution is 2.14. The Kier molecular flexibility index (Phi) is 5.47. The number of piperidine rings is 1. The molecule has 1 fully saturated rings. The molecule has 0 unspecified atom stereocenters. The Balaban J connectivity index is 1.86. The second-order valence-electron chi connectivity index (χ2n) is 7.37. The molecule has 1 aromatic carbocycles. The van der Waals surface area contributed by atoms with Crippen molar-refractivity contribution in [2.75, 3.05) is 13.1 Å². The fourth-order valence-electron chi connectivity index (χ4n) is 2.77. The van der Waals surface area contributed by atoms with Crippen molar-refractivity contribution in [3.8, 4) is 0 Å². The molecular weight excluding hydrogens is 309 g/mol. The van der Waals surface area contributed by atoms with Crippen LogP contribution < -0.4 is 10.6 Å². The van der Waals surface area contributed by atoms with Crippen molar-refractivity contribution in [2.24, 2.45) is 0 Å². The molecule has 24 heavy (non-hydrogen) atoms. The van der Waals surface area contributed by atoms with Gasteiger partial charge in [-0.05, 0) is 64.3 Å². The first-order valence-electron chi connectivity index (χ1n) is 8.30. The van der Waals surface area contributed by atoms with Gasteiger partial charge in [0.15, 0.2) is 0 Å². The zero-order chi connectivity index (χ0) is 17.9. The molecule has 0 spiro atoms. The van der Waals surface area contributed by atoms with Gasteiger partial charge in [-0.25, -0.2) is 9.18 Å². The Morgan fingerprint density at radius 2 is 1.83 bits per heavy atom. The average Bonchev–Trinajstić information content (AvgIpc) is 2.45. The Morgan fingerprint density at radius 1 is 1.21 bits per heavy atom. The molecule has 1 heterocycles. The number of amides is 3. The lowest BCUT2D eigenvalue weighted by molar-refractivity contribution is 0.0916. The van der Waals surface area contributed by atoms with Crippen molar-refractivity contribution < 1.29 is 14.0 Å². The summed E-state index contributed by atoms with van der Waals surface area (Å²) in [6.45, 7) is 8.77. The summed E-state index contributed by atoms with van der Waals surface area (Å²) in [7, 11) is 0. The van der Waals surface area contributed by atoms with Crippen molar-refractivity contribution in [3.05, 3.63) is 35.1 Å². The Labute approximate surface area is 142 Å². The first-order valence-corrected chi connectivity index (χ1v) is 8.30. The number of hydrogen-bond donors (Lipinski definition) is 2. The van der Waals surface area contributed by atoms with Gasteiger partial charge in [0.2, 0.25) is 0 Å². The number of likely N-dealkylation sites (tertiary alicyclic amines) is 1. The van der Waals surface area contributed by atoms with Crippen LogP contribution in [0.3, 0.4) is 0 Å². The van der Waals surface area contributed by atoms with Crippen LogP contribution in [0.2, 0.25) is 0 Å². The van der Waals surface area contributed by atoms with E-state index in [0.29, 0.717) is 37.1 Å². The monoisotopic (exact) mass is 335 g/mol. The number of carbonyl (C=O) groups excluding carboxylic acids is 2. The van der Waals surface area contributed by atoms with Crippen LogP contribution in [0, 0.1) is 12.7 Å². The third kappa shape index (κ3) is 4.94. The molecule has 2 N–H and O–H groups in total. The lowest BCUT2D eigenvalue weighted by Crippen LogP contribution is -2.53. The van der Waals surface area contributed by atoms with Crippen LogP contribution in [0.4, 0.5) is 9.18 Å². The molecule has 5 nitrogen and oxygen atoms in total. The van der Waals surface area contributed by atoms with E-state index in [-0.39, 0.29) is 29.3 Å². The zero-order valence-corrected chi connectivity index (χ0v) is 14.8. The van der Waals surface area contributed by atoms with Crippen LogP contribution >= 0.6 is 0 Å². The molecule has 0 aliphatic carbocycles. The van der Waals surface area contributed by atoms with Gasteiger partial charge in [-0.2, -0.15) is 0 Å². The third-order valence-electron chi connectivity index (χ3n) is 4.03. The van der Waals surface area contributed by atoms with Gasteiger partial charge in [0.25, 0.3) is 5.91 Å². The van der Waals surface area contributed by atoms with E-state index in [1.54, 1.807) is 11.8 Å². The van der Waals surface area contributed by atoms with E-state index in [4.69, 9.17) is 0 Å². The van der Waals surface area contributed by atoms with Crippen molar-refractivity contribution in [2.45, 2.75) is 52.1 Å². The number of aryl methyl sites for hydroxylation is 1. The van der Waals surface area contributed by atoms with E-state index in [2.05, 4.69) is 10.6 Å². The fraction of sp³-hybridized carbons (Fsp3) is 0.556. The standard InChI is InChI=1S/C18H26FN3O2/c1-12-11-13(19)5-6-15(12)16(23)20-14-7-9-22(10-8-14)17(24)21-18(2,3)4/h5-6,11,14H,7-10H2,1-4H3,(H,20,23)(H,21,24). The Bertz CT molecular complexity index is 617. The number of rotatable bonds is 2. The van der Waals surface area contributed by atoms with Crippen molar-refractivity contribution in [1.29, 1.82) is 0 Å². The summed E-state index contributed by atoms with van der Waals surface area (Å²) in [4.78, 5) is 26.2. The maximum atomic E-state index is 13.1. The smallest absolute Gasteiger partial charge is 0.317 e. The van der Waals surface area contributed by atoms with E-state index >= 15 is 0 Å². The quantitative estimate of drug-likeness (QED) is 0.873. The number of halogens is 1. The molecule has 0 radical (unpaired) electrons. The summed E-state index contributed by atoms with van der Waals surface area (Å²) < 4.78 is 13.1. The molecule has 3 amide bonds. The van der Waals surface area contributed by atoms with E-state index in [9.17, 15) is 14.0 Å². The minimum Gasteiger partial charge on any atom is -0.349 e. The number of carbonyl (C=O) groups is 2. The maximum Gasteiger partial charge on any atom is 0.317 e. The highest BCUT2D eigenvalue weighted by atomic mass is 19.1. The molecule has 0 atom stereocenters. The predicted molar refractivity (Wildman–Crippen MR) is 91.5 cm³/mol. The lowest BCUT2D eigenvalue weighted by atomic mass is 10.0. The molecule has 0 bridgehead atoms. The van der Waals surface area contributed by atoms with Gasteiger partial charge >= 0.3 is 6.03 Å². The summed E-state index contributed by atoms with van der Waals surface area (Å²) in [6.07, 6.45) is 1.42. The molecule has 0 aromatic heterocycles. The van der Waals surface area contributed by atoms with E-state index in [0.717, 1.165) is 0 Å². The van der Waals surface area contributed by atoms with Crippen LogP contribution in [0.5, 0.6) is 0 Å². The predicted octanol–water partition coefficient (Wildman–Crippen LogP) is 2.84. The Morgan fingerprint density at radius 3 is 2.38 bits per heavy atom. The molecule has 1 saturated heterocycles. The van der Waals surface area contributed by atoms with Gasteiger partial charge < -0.3 is 15.5 Å². The van der Waals surface area contributed by atoms with Crippen LogP contribution in [0.25, 0.3) is 0 Å². The molecule has 1 aliphatic rings. The lowest BCUT2D eigenvalue weighted by Gasteiger charge is -2.34. The highest BCUT2D eigenvalue weighted by molar-refractivity contribution is 5.95. The van der Waals surface area contributed by atoms with Crippen molar-refractivity contribution in [3.63, 3.8) is 0 Å². The SMILES string of the molecule is Cc1cc(F)ccc1C(=O)NC1CCN(C(=O)NC(C)(C)C)CC1. The van der Waals surface area contributed by atoms with E-state index in [1.807, 2.05) is 20.8 Å². The van der Waals surface area contributed by atoms with Crippen molar-refractivity contribution in [1.82, 2.24) is 15.5 Å². The van der Waals surface area contributed by atoms with Crippen LogP contribution in [0.15, 0.2) is 18.2 Å². The normalized spacial score (nSPS) is 16.0. The van der Waals surface area contributed by atoms with Gasteiger partial charge in [-0.3, -0.25) is 4.79 Å². The fourth-order valence-corrected chi connectivity index (χ4v) is 2.77. The molecular formula is C18H26FN3O2. The molecule has 132 valence electrons. The average molecular weight is 335 g/mol. The molecule has 1 aliphatic heterocycles. The van der Waals surface area contributed by atoms with Gasteiger partial charge in [0.05, 0.1) is 0 Å². The molecule has 0 saturated carbocycles. The van der Waals surface area contributed by atoms with Gasteiger partial charge in [-0.1, -0.05) is 0 Å². The van der Waals surface area contributed by atoms with Crippen LogP contribution in [0.1, 0.15) is 49.5 Å². The number of hydrogen-bond acceptors (Lipinski definition) is 2. The summed E-state index contributed by atoms with van der Waals surface area (Å²) in [5.74, 6) is -0.535. The number of benzene rings is 1. The summed E-state index contributed by atoms with van der Waals surface area (Å²) in [5, 5.41) is 5.93. The summed E-state index contributed by atoms with van der Waals surface area (Å²) in [5.41, 5.74) is 0.848. The minimum absolute atomic E-state index is 0.0284. The van der Waals surface area contributed by atoms with Crippen molar-refractivity contribution >= 4 is 11.9 Å². The number of nitrogens with one attached hydrogen (secondary N) is 2. The van der Waals surface area contributed by atoms with Gasteiger partial charge in [0, 0.05) is 30.2 Å². The minimum atomic E-state index is -0.345. The zero-order valence-electron chi connectivity index (χ0n) is 14.8. The van der Waals surface area contributed by atoms with Gasteiger partial charge in [-0.15, -0.1) is 0 Å². The van der Waals surface area contributed by atoms with E-state index in [1.165, 1.54) is 18.2 Å². The molecule has 6 heteroatoms. The van der Waals surface area contributed by atoms with E-state index < -0.39 is 0 Å². The van der Waals surface area contributed by atoms with Crippen LogP contribution in [-0.2, 0) is 0 Å². The largest absolute Gasteiger partial charge is 0.349 e. The third-order valence-corrected chi connectivity index (χ3v) is 4.03. The highest BCUT2D eigenvalue weighted by Gasteiger charge is 2.26. The second-order valence-corrected chi connectivity index (χ2v) is 7.37. The first-order chi connectivity index (χ1) is 11.2. The first kappa shape index (κ1) is 18.2. The topological polar surface area (TPSA) is 61.4 Å². The summed E-state index contributed by atoms with van der Waals surface area (Å²) in [6, 6.07) is 4.11.